The highest BCUT2D eigenvalue weighted by Crippen LogP contribution is 2.25. The molecule has 0 radical (unpaired) electrons. The standard InChI is InChI=1S/C15H10N4O2/c20-13-3-1-2-10(6-13)15-18-17-14-5-4-11(8-19(14)15)12-7-16-21-9-12/h1-9,20H. The minimum atomic E-state index is 0.194. The zero-order valence-corrected chi connectivity index (χ0v) is 10.8. The SMILES string of the molecule is Oc1cccc(-c2nnc3ccc(-c4cnoc4)cn23)c1. The Balaban J connectivity index is 1.92. The van der Waals surface area contributed by atoms with Gasteiger partial charge in [0.15, 0.2) is 11.5 Å². The number of hydrogen-bond donors (Lipinski definition) is 1. The quantitative estimate of drug-likeness (QED) is 0.610. The van der Waals surface area contributed by atoms with Crippen LogP contribution in [0.1, 0.15) is 0 Å². The molecule has 3 heterocycles. The number of phenols is 1. The molecule has 0 saturated carbocycles. The Hall–Kier alpha value is -3.15. The molecule has 1 N–H and O–H groups in total. The highest BCUT2D eigenvalue weighted by atomic mass is 16.5. The van der Waals surface area contributed by atoms with Gasteiger partial charge < -0.3 is 9.63 Å². The molecule has 4 aromatic rings. The molecule has 0 unspecified atom stereocenters. The van der Waals surface area contributed by atoms with Gasteiger partial charge in [-0.2, -0.15) is 0 Å². The summed E-state index contributed by atoms with van der Waals surface area (Å²) in [6, 6.07) is 10.7. The van der Waals surface area contributed by atoms with Crippen molar-refractivity contribution < 1.29 is 9.63 Å². The van der Waals surface area contributed by atoms with E-state index in [2.05, 4.69) is 15.4 Å². The number of aromatic nitrogens is 4. The fraction of sp³-hybridized carbons (Fsp3) is 0. The van der Waals surface area contributed by atoms with Crippen LogP contribution in [-0.2, 0) is 0 Å². The zero-order valence-electron chi connectivity index (χ0n) is 10.8. The Kier molecular flexibility index (Phi) is 2.47. The number of pyridine rings is 1. The molecule has 0 bridgehead atoms. The van der Waals surface area contributed by atoms with E-state index in [1.54, 1.807) is 30.7 Å². The summed E-state index contributed by atoms with van der Waals surface area (Å²) in [6.07, 6.45) is 5.15. The predicted molar refractivity (Wildman–Crippen MR) is 75.6 cm³/mol. The molecule has 0 fully saturated rings. The molecule has 21 heavy (non-hydrogen) atoms. The van der Waals surface area contributed by atoms with Gasteiger partial charge in [0, 0.05) is 22.9 Å². The van der Waals surface area contributed by atoms with Crippen molar-refractivity contribution in [2.45, 2.75) is 0 Å². The van der Waals surface area contributed by atoms with Crippen LogP contribution in [0.2, 0.25) is 0 Å². The lowest BCUT2D eigenvalue weighted by Crippen LogP contribution is -1.90. The van der Waals surface area contributed by atoms with Gasteiger partial charge in [0.1, 0.15) is 12.0 Å². The largest absolute Gasteiger partial charge is 0.508 e. The molecule has 6 nitrogen and oxygen atoms in total. The van der Waals surface area contributed by atoms with Crippen LogP contribution in [0.3, 0.4) is 0 Å². The summed E-state index contributed by atoms with van der Waals surface area (Å²) < 4.78 is 6.74. The van der Waals surface area contributed by atoms with Crippen LogP contribution in [-0.4, -0.2) is 24.9 Å². The van der Waals surface area contributed by atoms with Crippen molar-refractivity contribution in [3.8, 4) is 28.3 Å². The first-order valence-corrected chi connectivity index (χ1v) is 6.35. The zero-order chi connectivity index (χ0) is 14.2. The van der Waals surface area contributed by atoms with Gasteiger partial charge in [0.25, 0.3) is 0 Å². The van der Waals surface area contributed by atoms with Crippen molar-refractivity contribution >= 4 is 5.65 Å². The van der Waals surface area contributed by atoms with E-state index in [9.17, 15) is 5.11 Å². The Morgan fingerprint density at radius 1 is 1.00 bits per heavy atom. The summed E-state index contributed by atoms with van der Waals surface area (Å²) in [4.78, 5) is 0. The number of phenolic OH excluding ortho intramolecular Hbond substituents is 1. The van der Waals surface area contributed by atoms with E-state index in [1.807, 2.05) is 28.8 Å². The first kappa shape index (κ1) is 11.7. The van der Waals surface area contributed by atoms with Gasteiger partial charge in [0.2, 0.25) is 0 Å². The van der Waals surface area contributed by atoms with Crippen LogP contribution in [0.5, 0.6) is 5.75 Å². The first-order valence-electron chi connectivity index (χ1n) is 6.35. The van der Waals surface area contributed by atoms with Crippen molar-refractivity contribution in [2.75, 3.05) is 0 Å². The second-order valence-corrected chi connectivity index (χ2v) is 4.63. The van der Waals surface area contributed by atoms with Crippen LogP contribution in [0.25, 0.3) is 28.2 Å². The fourth-order valence-electron chi connectivity index (χ4n) is 2.25. The van der Waals surface area contributed by atoms with Crippen LogP contribution >= 0.6 is 0 Å². The minimum Gasteiger partial charge on any atom is -0.508 e. The lowest BCUT2D eigenvalue weighted by molar-refractivity contribution is 0.420. The van der Waals surface area contributed by atoms with Crippen LogP contribution < -0.4 is 0 Å². The summed E-state index contributed by atoms with van der Waals surface area (Å²) in [5.41, 5.74) is 3.36. The van der Waals surface area contributed by atoms with E-state index in [-0.39, 0.29) is 5.75 Å². The Morgan fingerprint density at radius 2 is 1.95 bits per heavy atom. The molecule has 0 aliphatic heterocycles. The molecule has 0 atom stereocenters. The van der Waals surface area contributed by atoms with E-state index in [0.29, 0.717) is 5.82 Å². The van der Waals surface area contributed by atoms with Crippen molar-refractivity contribution in [3.05, 3.63) is 55.1 Å². The monoisotopic (exact) mass is 278 g/mol. The van der Waals surface area contributed by atoms with Gasteiger partial charge in [-0.15, -0.1) is 10.2 Å². The van der Waals surface area contributed by atoms with Gasteiger partial charge in [-0.3, -0.25) is 4.40 Å². The van der Waals surface area contributed by atoms with Crippen LogP contribution in [0.15, 0.2) is 59.6 Å². The highest BCUT2D eigenvalue weighted by molar-refractivity contribution is 5.66. The first-order chi connectivity index (χ1) is 10.3. The number of rotatable bonds is 2. The number of benzene rings is 1. The topological polar surface area (TPSA) is 76.5 Å². The number of aromatic hydroxyl groups is 1. The Labute approximate surface area is 119 Å². The molecule has 1 aromatic carbocycles. The molecule has 3 aromatic heterocycles. The summed E-state index contributed by atoms with van der Waals surface area (Å²) >= 11 is 0. The maximum absolute atomic E-state index is 9.61. The van der Waals surface area contributed by atoms with Gasteiger partial charge in [-0.25, -0.2) is 0 Å². The summed E-state index contributed by atoms with van der Waals surface area (Å²) in [6.45, 7) is 0. The minimum absolute atomic E-state index is 0.194. The van der Waals surface area contributed by atoms with Crippen molar-refractivity contribution in [3.63, 3.8) is 0 Å². The average molecular weight is 278 g/mol. The number of fused-ring (bicyclic) bond motifs is 1. The molecule has 4 rings (SSSR count). The van der Waals surface area contributed by atoms with Gasteiger partial charge in [-0.1, -0.05) is 17.3 Å². The molecular formula is C15H10N4O2. The fourth-order valence-corrected chi connectivity index (χ4v) is 2.25. The molecule has 0 amide bonds. The summed E-state index contributed by atoms with van der Waals surface area (Å²) in [5, 5.41) is 21.7. The summed E-state index contributed by atoms with van der Waals surface area (Å²) in [5.74, 6) is 0.860. The predicted octanol–water partition coefficient (Wildman–Crippen LogP) is 2.76. The van der Waals surface area contributed by atoms with Gasteiger partial charge in [0.05, 0.1) is 6.20 Å². The number of hydrogen-bond acceptors (Lipinski definition) is 5. The third-order valence-corrected chi connectivity index (χ3v) is 3.27. The molecule has 6 heteroatoms. The van der Waals surface area contributed by atoms with E-state index >= 15 is 0 Å². The smallest absolute Gasteiger partial charge is 0.168 e. The van der Waals surface area contributed by atoms with Gasteiger partial charge >= 0.3 is 0 Å². The molecule has 102 valence electrons. The number of nitrogens with zero attached hydrogens (tertiary/aromatic N) is 4. The summed E-state index contributed by atoms with van der Waals surface area (Å²) in [7, 11) is 0. The van der Waals surface area contributed by atoms with Crippen LogP contribution in [0, 0.1) is 0 Å². The van der Waals surface area contributed by atoms with E-state index < -0.39 is 0 Å². The van der Waals surface area contributed by atoms with E-state index in [0.717, 1.165) is 22.3 Å². The normalized spacial score (nSPS) is 11.0. The van der Waals surface area contributed by atoms with Crippen molar-refractivity contribution in [2.24, 2.45) is 0 Å². The third kappa shape index (κ3) is 1.93. The lowest BCUT2D eigenvalue weighted by atomic mass is 10.1. The second kappa shape index (κ2) is 4.45. The van der Waals surface area contributed by atoms with Crippen LogP contribution in [0.4, 0.5) is 0 Å². The van der Waals surface area contributed by atoms with Gasteiger partial charge in [-0.05, 0) is 24.3 Å². The second-order valence-electron chi connectivity index (χ2n) is 4.63. The van der Waals surface area contributed by atoms with Crippen molar-refractivity contribution in [1.29, 1.82) is 0 Å². The lowest BCUT2D eigenvalue weighted by Gasteiger charge is -2.03. The molecule has 0 spiro atoms. The van der Waals surface area contributed by atoms with E-state index in [1.165, 1.54) is 0 Å². The maximum Gasteiger partial charge on any atom is 0.168 e. The van der Waals surface area contributed by atoms with Crippen molar-refractivity contribution in [1.82, 2.24) is 19.8 Å². The maximum atomic E-state index is 9.61. The molecule has 0 aliphatic rings. The molecule has 0 aliphatic carbocycles. The Morgan fingerprint density at radius 3 is 2.76 bits per heavy atom. The molecule has 0 saturated heterocycles. The third-order valence-electron chi connectivity index (χ3n) is 3.27. The van der Waals surface area contributed by atoms with E-state index in [4.69, 9.17) is 4.52 Å². The highest BCUT2D eigenvalue weighted by Gasteiger charge is 2.10. The average Bonchev–Trinajstić information content (AvgIpc) is 3.16. The Bertz CT molecular complexity index is 912. The molecular weight excluding hydrogens is 268 g/mol.